The maximum atomic E-state index is 4.15. The first-order valence-electron chi connectivity index (χ1n) is 23.1. The number of hydrogen-bond donors (Lipinski definition) is 1. The van der Waals surface area contributed by atoms with Gasteiger partial charge in [0.1, 0.15) is 0 Å². The molecule has 0 bridgehead atoms. The predicted octanol–water partition coefficient (Wildman–Crippen LogP) is 19.1. The third kappa shape index (κ3) is 10.4. The van der Waals surface area contributed by atoms with Crippen molar-refractivity contribution in [1.29, 1.82) is 0 Å². The van der Waals surface area contributed by atoms with Crippen LogP contribution in [0.25, 0.3) is 16.7 Å². The van der Waals surface area contributed by atoms with Gasteiger partial charge in [-0.1, -0.05) is 133 Å². The van der Waals surface area contributed by atoms with Crippen LogP contribution in [0.15, 0.2) is 175 Å². The third-order valence-electron chi connectivity index (χ3n) is 12.4. The Labute approximate surface area is 404 Å². The van der Waals surface area contributed by atoms with Crippen molar-refractivity contribution in [1.82, 2.24) is 0 Å². The second-order valence-corrected chi connectivity index (χ2v) is 20.5. The molecule has 7 rings (SSSR count). The third-order valence-corrected chi connectivity index (χ3v) is 13.2. The number of nitrogens with one attached hydrogen (secondary N) is 1. The number of hydrogen-bond acceptors (Lipinski definition) is 3. The van der Waals surface area contributed by atoms with Gasteiger partial charge in [-0.15, -0.1) is 0 Å². The molecule has 4 heteroatoms. The van der Waals surface area contributed by atoms with Gasteiger partial charge in [0.05, 0.1) is 15.8 Å². The van der Waals surface area contributed by atoms with Crippen LogP contribution in [0.4, 0.5) is 45.5 Å². The van der Waals surface area contributed by atoms with Crippen molar-refractivity contribution in [2.24, 2.45) is 0 Å². The summed E-state index contributed by atoms with van der Waals surface area (Å²) >= 11 is 4.15. The Morgan fingerprint density at radius 2 is 1.09 bits per heavy atom. The van der Waals surface area contributed by atoms with Gasteiger partial charge in [-0.2, -0.15) is 0 Å². The first-order chi connectivity index (χ1) is 31.4. The Balaban J connectivity index is 1.35. The second kappa shape index (κ2) is 19.6. The van der Waals surface area contributed by atoms with Gasteiger partial charge in [0, 0.05) is 34.1 Å². The van der Waals surface area contributed by atoms with E-state index in [1.54, 1.807) is 0 Å². The Morgan fingerprint density at radius 1 is 0.561 bits per heavy atom. The quantitative estimate of drug-likeness (QED) is 0.123. The molecule has 3 nitrogen and oxygen atoms in total. The maximum Gasteiger partial charge on any atom is 0.0651 e. The second-order valence-electron chi connectivity index (χ2n) is 19.7. The summed E-state index contributed by atoms with van der Waals surface area (Å²) in [5, 5.41) is 3.87. The van der Waals surface area contributed by atoms with Crippen molar-refractivity contribution in [2.45, 2.75) is 93.9 Å². The zero-order chi connectivity index (χ0) is 47.5. The zero-order valence-electron chi connectivity index (χ0n) is 41.1. The van der Waals surface area contributed by atoms with Crippen LogP contribution >= 0.6 is 15.9 Å². The smallest absolute Gasteiger partial charge is 0.0651 e. The lowest BCUT2D eigenvalue weighted by atomic mass is 9.86. The molecule has 0 saturated heterocycles. The van der Waals surface area contributed by atoms with Gasteiger partial charge in [0.2, 0.25) is 0 Å². The molecule has 0 aromatic heterocycles. The van der Waals surface area contributed by atoms with Crippen molar-refractivity contribution < 1.29 is 0 Å². The SMILES string of the molecule is C=C/C=C(\C=C/C)c1c(C)cc(N(c2cccc(Nc3cc(C)cc(N(c4ccc(C(C)(C)C)cc4)c4ccc(C(C)(C)C)cc4)c3Br)c2)c2cc(C)c(-c3ccccc3)c(C)c2)cc1C. The molecule has 7 aromatic carbocycles. The first-order valence-corrected chi connectivity index (χ1v) is 23.9. The molecule has 0 radical (unpaired) electrons. The van der Waals surface area contributed by atoms with Crippen LogP contribution < -0.4 is 15.1 Å². The van der Waals surface area contributed by atoms with Crippen LogP contribution in [0, 0.1) is 34.6 Å². The molecule has 66 heavy (non-hydrogen) atoms. The van der Waals surface area contributed by atoms with Crippen molar-refractivity contribution >= 4 is 67.0 Å². The summed E-state index contributed by atoms with van der Waals surface area (Å²) < 4.78 is 0.976. The first kappa shape index (κ1) is 47.6. The lowest BCUT2D eigenvalue weighted by molar-refractivity contribution is 0.590. The highest BCUT2D eigenvalue weighted by atomic mass is 79.9. The van der Waals surface area contributed by atoms with Gasteiger partial charge in [-0.05, 0) is 208 Å². The van der Waals surface area contributed by atoms with Crippen LogP contribution in [-0.2, 0) is 10.8 Å². The minimum Gasteiger partial charge on any atom is -0.354 e. The molecule has 0 atom stereocenters. The number of anilines is 8. The molecule has 0 saturated carbocycles. The van der Waals surface area contributed by atoms with Crippen LogP contribution in [0.1, 0.15) is 93.0 Å². The van der Waals surface area contributed by atoms with Crippen LogP contribution in [0.3, 0.4) is 0 Å². The number of aryl methyl sites for hydroxylation is 5. The molecule has 0 spiro atoms. The molecule has 0 aliphatic carbocycles. The fourth-order valence-corrected chi connectivity index (χ4v) is 9.67. The summed E-state index contributed by atoms with van der Waals surface area (Å²) in [7, 11) is 0. The van der Waals surface area contributed by atoms with Crippen LogP contribution in [0.5, 0.6) is 0 Å². The van der Waals surface area contributed by atoms with E-state index in [9.17, 15) is 0 Å². The lowest BCUT2D eigenvalue weighted by Gasteiger charge is -2.30. The summed E-state index contributed by atoms with van der Waals surface area (Å²) in [4.78, 5) is 4.76. The lowest BCUT2D eigenvalue weighted by Crippen LogP contribution is -2.15. The van der Waals surface area contributed by atoms with Crippen molar-refractivity contribution in [3.63, 3.8) is 0 Å². The standard InChI is InChI=1S/C62H66BrN3/c1-14-20-46(21-15-2)58-42(4)36-54(37-43(58)5)65(55-38-44(6)59(45(7)39-55)47-22-17-16-18-23-47)53-25-19-24-50(40-53)64-56-34-41(3)35-57(60(56)63)66(51-30-26-48(27-31-51)61(8,9)10)52-32-28-49(29-33-52)62(11,12)13/h14-40,64H,1H2,2-13H3/b21-15-,46-20+. The molecule has 0 aliphatic rings. The number of rotatable bonds is 12. The number of nitrogens with zero attached hydrogens (tertiary/aromatic N) is 2. The molecular weight excluding hydrogens is 867 g/mol. The molecule has 0 aliphatic heterocycles. The molecule has 336 valence electrons. The van der Waals surface area contributed by atoms with E-state index >= 15 is 0 Å². The molecule has 0 amide bonds. The van der Waals surface area contributed by atoms with Crippen LogP contribution in [0.2, 0.25) is 0 Å². The Bertz CT molecular complexity index is 2820. The summed E-state index contributed by atoms with van der Waals surface area (Å²) in [5.41, 5.74) is 22.0. The molecule has 1 N–H and O–H groups in total. The summed E-state index contributed by atoms with van der Waals surface area (Å²) in [5.74, 6) is 0. The highest BCUT2D eigenvalue weighted by Gasteiger charge is 2.23. The van der Waals surface area contributed by atoms with E-state index in [1.165, 1.54) is 50.1 Å². The van der Waals surface area contributed by atoms with Gasteiger partial charge in [-0.25, -0.2) is 0 Å². The maximum absolute atomic E-state index is 4.15. The normalized spacial score (nSPS) is 12.1. The topological polar surface area (TPSA) is 18.5 Å². The molecule has 0 fully saturated rings. The van der Waals surface area contributed by atoms with Crippen molar-refractivity contribution in [3.05, 3.63) is 219 Å². The van der Waals surface area contributed by atoms with Gasteiger partial charge >= 0.3 is 0 Å². The van der Waals surface area contributed by atoms with Gasteiger partial charge in [0.15, 0.2) is 0 Å². The van der Waals surface area contributed by atoms with E-state index < -0.39 is 0 Å². The Hall–Kier alpha value is -6.36. The van der Waals surface area contributed by atoms with E-state index in [0.717, 1.165) is 61.1 Å². The van der Waals surface area contributed by atoms with Crippen LogP contribution in [-0.4, -0.2) is 0 Å². The van der Waals surface area contributed by atoms with E-state index in [4.69, 9.17) is 0 Å². The van der Waals surface area contributed by atoms with Gasteiger partial charge < -0.3 is 15.1 Å². The fraction of sp³-hybridized carbons (Fsp3) is 0.226. The average Bonchev–Trinajstić information content (AvgIpc) is 3.25. The Kier molecular flexibility index (Phi) is 14.2. The van der Waals surface area contributed by atoms with Crippen molar-refractivity contribution in [2.75, 3.05) is 15.1 Å². The number of allylic oxidation sites excluding steroid dienone is 5. The number of benzene rings is 7. The fourth-order valence-electron chi connectivity index (χ4n) is 9.16. The van der Waals surface area contributed by atoms with E-state index in [2.05, 4.69) is 278 Å². The largest absolute Gasteiger partial charge is 0.354 e. The van der Waals surface area contributed by atoms with Gasteiger partial charge in [-0.3, -0.25) is 0 Å². The Morgan fingerprint density at radius 3 is 1.59 bits per heavy atom. The highest BCUT2D eigenvalue weighted by molar-refractivity contribution is 9.10. The molecule has 0 unspecified atom stereocenters. The minimum absolute atomic E-state index is 0.0474. The van der Waals surface area contributed by atoms with Gasteiger partial charge in [0.25, 0.3) is 0 Å². The van der Waals surface area contributed by atoms with Crippen molar-refractivity contribution in [3.8, 4) is 11.1 Å². The average molecular weight is 933 g/mol. The summed E-state index contributed by atoms with van der Waals surface area (Å²) in [6.45, 7) is 30.7. The van der Waals surface area contributed by atoms with E-state index in [1.807, 2.05) is 6.08 Å². The van der Waals surface area contributed by atoms with E-state index in [-0.39, 0.29) is 10.8 Å². The van der Waals surface area contributed by atoms with E-state index in [0.29, 0.717) is 0 Å². The predicted molar refractivity (Wildman–Crippen MR) is 293 cm³/mol. The summed E-state index contributed by atoms with van der Waals surface area (Å²) in [6, 6.07) is 51.3. The molecular formula is C62H66BrN3. The molecule has 0 heterocycles. The highest BCUT2D eigenvalue weighted by Crippen LogP contribution is 2.46. The number of halogens is 1. The minimum atomic E-state index is 0.0474. The molecule has 7 aromatic rings. The monoisotopic (exact) mass is 931 g/mol. The zero-order valence-corrected chi connectivity index (χ0v) is 42.7. The summed E-state index contributed by atoms with van der Waals surface area (Å²) in [6.07, 6.45) is 8.22.